The summed E-state index contributed by atoms with van der Waals surface area (Å²) in [5.74, 6) is -2.54. The van der Waals surface area contributed by atoms with E-state index in [2.05, 4.69) is 4.40 Å². The average molecular weight is 258 g/mol. The molecule has 0 amide bonds. The second-order valence-corrected chi connectivity index (χ2v) is 5.55. The van der Waals surface area contributed by atoms with Crippen molar-refractivity contribution in [3.8, 4) is 0 Å². The largest absolute Gasteiger partial charge is 0.855 e. The number of halogens is 3. The van der Waals surface area contributed by atoms with Crippen molar-refractivity contribution in [2.45, 2.75) is 43.5 Å². The summed E-state index contributed by atoms with van der Waals surface area (Å²) < 4.78 is 60.5. The number of sulfonamides is 1. The lowest BCUT2D eigenvalue weighted by molar-refractivity contribution is -0.261. The molecule has 0 aromatic carbocycles. The van der Waals surface area contributed by atoms with Crippen LogP contribution in [-0.4, -0.2) is 25.7 Å². The highest BCUT2D eigenvalue weighted by Gasteiger charge is 2.32. The minimum atomic E-state index is -5.22. The molecule has 94 valence electrons. The Morgan fingerprint density at radius 1 is 1.19 bits per heavy atom. The molecule has 8 heteroatoms. The second-order valence-electron chi connectivity index (χ2n) is 3.67. The molecule has 1 aliphatic rings. The van der Waals surface area contributed by atoms with Gasteiger partial charge in [-0.25, -0.2) is 8.42 Å². The van der Waals surface area contributed by atoms with Crippen LogP contribution in [0.1, 0.15) is 32.1 Å². The first-order valence-electron chi connectivity index (χ1n) is 4.81. The summed E-state index contributed by atoms with van der Waals surface area (Å²) in [7, 11) is -4.31. The van der Waals surface area contributed by atoms with Crippen molar-refractivity contribution in [1.82, 2.24) is 0 Å². The fourth-order valence-electron chi connectivity index (χ4n) is 1.60. The zero-order valence-corrected chi connectivity index (χ0v) is 9.14. The van der Waals surface area contributed by atoms with Crippen molar-refractivity contribution < 1.29 is 26.7 Å². The predicted molar refractivity (Wildman–Crippen MR) is 49.3 cm³/mol. The molecule has 0 unspecified atom stereocenters. The van der Waals surface area contributed by atoms with Crippen LogP contribution in [0.5, 0.6) is 0 Å². The lowest BCUT2D eigenvalue weighted by Gasteiger charge is -2.21. The first-order valence-corrected chi connectivity index (χ1v) is 6.32. The van der Waals surface area contributed by atoms with E-state index in [0.717, 1.165) is 6.42 Å². The average Bonchev–Trinajstić information content (AvgIpc) is 2.17. The lowest BCUT2D eigenvalue weighted by atomic mass is 10.0. The summed E-state index contributed by atoms with van der Waals surface area (Å²) in [4.78, 5) is 0. The summed E-state index contributed by atoms with van der Waals surface area (Å²) in [6.07, 6.45) is -2.53. The Kier molecular flexibility index (Phi) is 3.82. The molecule has 1 saturated carbocycles. The predicted octanol–water partition coefficient (Wildman–Crippen LogP) is 0.970. The van der Waals surface area contributed by atoms with Gasteiger partial charge in [0.2, 0.25) is 0 Å². The third kappa shape index (κ3) is 3.36. The number of alkyl halides is 3. The number of nitrogens with zero attached hydrogens (tertiary/aromatic N) is 1. The van der Waals surface area contributed by atoms with Gasteiger partial charge in [-0.2, -0.15) is 17.6 Å². The number of rotatable bonds is 2. The van der Waals surface area contributed by atoms with Gasteiger partial charge >= 0.3 is 6.18 Å². The van der Waals surface area contributed by atoms with Gasteiger partial charge in [-0.05, 0) is 12.8 Å². The maximum Gasteiger partial charge on any atom is 0.420 e. The van der Waals surface area contributed by atoms with Crippen LogP contribution < -0.4 is 5.11 Å². The molecule has 4 nitrogen and oxygen atoms in total. The van der Waals surface area contributed by atoms with Gasteiger partial charge in [0, 0.05) is 0 Å². The smallest absolute Gasteiger partial charge is 0.420 e. The van der Waals surface area contributed by atoms with E-state index in [-0.39, 0.29) is 12.8 Å². The number of hydrogen-bond acceptors (Lipinski definition) is 3. The van der Waals surface area contributed by atoms with Crippen molar-refractivity contribution in [1.29, 1.82) is 0 Å². The molecule has 0 aromatic rings. The monoisotopic (exact) mass is 258 g/mol. The maximum absolute atomic E-state index is 11.8. The highest BCUT2D eigenvalue weighted by Crippen LogP contribution is 2.25. The van der Waals surface area contributed by atoms with Gasteiger partial charge in [0.05, 0.1) is 11.1 Å². The molecular weight excluding hydrogens is 247 g/mol. The van der Waals surface area contributed by atoms with Crippen LogP contribution in [0.3, 0.4) is 0 Å². The van der Waals surface area contributed by atoms with Gasteiger partial charge in [0.1, 0.15) is 0 Å². The Balaban J connectivity index is 2.86. The Morgan fingerprint density at radius 2 is 1.69 bits per heavy atom. The molecule has 0 aliphatic heterocycles. The molecular formula is C8H11F3NO3S-. The second kappa shape index (κ2) is 4.60. The molecule has 1 fully saturated rings. The summed E-state index contributed by atoms with van der Waals surface area (Å²) in [6.45, 7) is 0. The van der Waals surface area contributed by atoms with Crippen LogP contribution >= 0.6 is 0 Å². The van der Waals surface area contributed by atoms with E-state index < -0.39 is 27.3 Å². The Morgan fingerprint density at radius 3 is 2.12 bits per heavy atom. The molecule has 16 heavy (non-hydrogen) atoms. The summed E-state index contributed by atoms with van der Waals surface area (Å²) in [5.41, 5.74) is 0. The molecule has 0 spiro atoms. The van der Waals surface area contributed by atoms with E-state index in [9.17, 15) is 26.7 Å². The van der Waals surface area contributed by atoms with E-state index in [1.807, 2.05) is 0 Å². The zero-order valence-electron chi connectivity index (χ0n) is 8.33. The molecule has 1 aliphatic carbocycles. The van der Waals surface area contributed by atoms with Crippen LogP contribution in [0.2, 0.25) is 0 Å². The molecule has 0 bridgehead atoms. The van der Waals surface area contributed by atoms with E-state index in [1.165, 1.54) is 0 Å². The minimum Gasteiger partial charge on any atom is -0.855 e. The van der Waals surface area contributed by atoms with Crippen LogP contribution in [0.4, 0.5) is 13.2 Å². The van der Waals surface area contributed by atoms with Crippen LogP contribution in [0.15, 0.2) is 4.40 Å². The number of hydrogen-bond donors (Lipinski definition) is 0. The van der Waals surface area contributed by atoms with Gasteiger partial charge in [0.15, 0.2) is 0 Å². The van der Waals surface area contributed by atoms with Gasteiger partial charge in [-0.1, -0.05) is 19.3 Å². The molecule has 0 heterocycles. The summed E-state index contributed by atoms with van der Waals surface area (Å²) >= 11 is 0. The van der Waals surface area contributed by atoms with Crippen LogP contribution in [0, 0.1) is 0 Å². The van der Waals surface area contributed by atoms with Gasteiger partial charge in [0.25, 0.3) is 10.0 Å². The lowest BCUT2D eigenvalue weighted by Crippen LogP contribution is -2.37. The van der Waals surface area contributed by atoms with E-state index in [1.54, 1.807) is 0 Å². The topological polar surface area (TPSA) is 69.6 Å². The molecule has 0 aromatic heterocycles. The molecule has 0 N–H and O–H groups in total. The Labute approximate surface area is 91.2 Å². The normalized spacial score (nSPS) is 21.1. The van der Waals surface area contributed by atoms with Crippen molar-refractivity contribution in [3.05, 3.63) is 0 Å². The third-order valence-electron chi connectivity index (χ3n) is 2.43. The molecule has 0 saturated heterocycles. The highest BCUT2D eigenvalue weighted by molar-refractivity contribution is 7.90. The van der Waals surface area contributed by atoms with Gasteiger partial charge < -0.3 is 5.11 Å². The van der Waals surface area contributed by atoms with Crippen LogP contribution in [-0.2, 0) is 10.0 Å². The summed E-state index contributed by atoms with van der Waals surface area (Å²) in [5, 5.41) is 9.51. The van der Waals surface area contributed by atoms with Crippen molar-refractivity contribution in [2.75, 3.05) is 0 Å². The van der Waals surface area contributed by atoms with Crippen molar-refractivity contribution in [2.24, 2.45) is 4.40 Å². The quantitative estimate of drug-likeness (QED) is 0.547. The fourth-order valence-corrected chi connectivity index (χ4v) is 3.02. The SMILES string of the molecule is O=S(=O)(N=C([O-])C(F)(F)F)C1CCCCC1. The standard InChI is InChI=1S/C8H12F3NO3S/c9-8(10,11)7(13)12-16(14,15)6-4-2-1-3-5-6/h6H,1-5H2,(H,12,13)/p-1. The highest BCUT2D eigenvalue weighted by atomic mass is 32.2. The van der Waals surface area contributed by atoms with Crippen molar-refractivity contribution in [3.63, 3.8) is 0 Å². The Bertz CT molecular complexity index is 368. The molecule has 1 rings (SSSR count). The van der Waals surface area contributed by atoms with E-state index >= 15 is 0 Å². The molecule has 0 atom stereocenters. The first-order chi connectivity index (χ1) is 7.23. The first kappa shape index (κ1) is 13.3. The summed E-state index contributed by atoms with van der Waals surface area (Å²) in [6, 6.07) is 0. The van der Waals surface area contributed by atoms with Crippen LogP contribution in [0.25, 0.3) is 0 Å². The van der Waals surface area contributed by atoms with Gasteiger partial charge in [-0.15, -0.1) is 0 Å². The maximum atomic E-state index is 11.8. The van der Waals surface area contributed by atoms with Crippen molar-refractivity contribution >= 4 is 15.9 Å². The van der Waals surface area contributed by atoms with E-state index in [0.29, 0.717) is 12.8 Å². The minimum absolute atomic E-state index is 0.275. The zero-order chi connectivity index (χ0) is 12.4. The third-order valence-corrected chi connectivity index (χ3v) is 4.16. The van der Waals surface area contributed by atoms with Gasteiger partial charge in [-0.3, -0.25) is 0 Å². The fraction of sp³-hybridized carbons (Fsp3) is 0.875. The van der Waals surface area contributed by atoms with E-state index in [4.69, 9.17) is 0 Å². The molecule has 0 radical (unpaired) electrons. The Hall–Kier alpha value is -0.790.